The molecule has 0 amide bonds. The number of hydrogen-bond donors (Lipinski definition) is 0. The summed E-state index contributed by atoms with van der Waals surface area (Å²) in [7, 11) is 0. The van der Waals surface area contributed by atoms with Gasteiger partial charge in [-0.15, -0.1) is 11.3 Å². The van der Waals surface area contributed by atoms with E-state index in [1.807, 2.05) is 24.4 Å². The van der Waals surface area contributed by atoms with Crippen molar-refractivity contribution in [2.45, 2.75) is 0 Å². The van der Waals surface area contributed by atoms with Crippen molar-refractivity contribution in [1.29, 1.82) is 0 Å². The largest absolute Gasteiger partial charge is 0.277 e. The summed E-state index contributed by atoms with van der Waals surface area (Å²) in [5.74, 6) is 0. The van der Waals surface area contributed by atoms with Crippen LogP contribution in [0.25, 0.3) is 16.2 Å². The average molecular weight is 279 g/mol. The summed E-state index contributed by atoms with van der Waals surface area (Å²) < 4.78 is 3.11. The van der Waals surface area contributed by atoms with Gasteiger partial charge in [0, 0.05) is 5.38 Å². The van der Waals surface area contributed by atoms with Gasteiger partial charge in [-0.25, -0.2) is 4.98 Å². The summed E-state index contributed by atoms with van der Waals surface area (Å²) in [6, 6.07) is 10.3. The van der Waals surface area contributed by atoms with Gasteiger partial charge in [0.25, 0.3) is 0 Å². The molecule has 0 saturated heterocycles. The summed E-state index contributed by atoms with van der Waals surface area (Å²) in [4.78, 5) is 5.31. The van der Waals surface area contributed by atoms with Crippen LogP contribution in [0.5, 0.6) is 0 Å². The fourth-order valence-corrected chi connectivity index (χ4v) is 3.04. The Bertz CT molecular complexity index is 597. The van der Waals surface area contributed by atoms with E-state index in [1.54, 1.807) is 11.3 Å². The lowest BCUT2D eigenvalue weighted by molar-refractivity contribution is 1.20. The van der Waals surface area contributed by atoms with Gasteiger partial charge in [-0.05, 0) is 21.5 Å². The van der Waals surface area contributed by atoms with Crippen molar-refractivity contribution < 1.29 is 0 Å². The summed E-state index contributed by atoms with van der Waals surface area (Å²) in [5.41, 5.74) is 2.39. The Labute approximate surface area is 99.3 Å². The lowest BCUT2D eigenvalue weighted by Gasteiger charge is -1.99. The van der Waals surface area contributed by atoms with Gasteiger partial charge in [0.2, 0.25) is 0 Å². The van der Waals surface area contributed by atoms with E-state index in [0.29, 0.717) is 0 Å². The molecule has 0 atom stereocenters. The number of fused-ring (bicyclic) bond motifs is 1. The topological polar surface area (TPSA) is 17.3 Å². The first-order valence-corrected chi connectivity index (χ1v) is 6.19. The van der Waals surface area contributed by atoms with Crippen molar-refractivity contribution >= 4 is 32.2 Å². The third kappa shape index (κ3) is 1.41. The van der Waals surface area contributed by atoms with E-state index in [-0.39, 0.29) is 0 Å². The first-order chi connectivity index (χ1) is 7.36. The Kier molecular flexibility index (Phi) is 2.11. The Morgan fingerprint density at radius 3 is 2.80 bits per heavy atom. The maximum absolute atomic E-state index is 4.30. The van der Waals surface area contributed by atoms with Gasteiger partial charge < -0.3 is 0 Å². The van der Waals surface area contributed by atoms with Crippen LogP contribution < -0.4 is 0 Å². The minimum atomic E-state index is 0.998. The van der Waals surface area contributed by atoms with E-state index in [1.165, 1.54) is 11.3 Å². The standard InChI is InChI=1S/C11H7BrN2S/c12-10-6-13-11-14(10)9(7-15-11)8-4-2-1-3-5-8/h1-7H. The lowest BCUT2D eigenvalue weighted by atomic mass is 10.2. The molecule has 0 aliphatic heterocycles. The second kappa shape index (κ2) is 3.47. The highest BCUT2D eigenvalue weighted by molar-refractivity contribution is 9.10. The molecule has 0 N–H and O–H groups in total. The van der Waals surface area contributed by atoms with Gasteiger partial charge >= 0.3 is 0 Å². The average Bonchev–Trinajstić information content (AvgIpc) is 2.84. The van der Waals surface area contributed by atoms with Gasteiger partial charge in [-0.2, -0.15) is 0 Å². The van der Waals surface area contributed by atoms with Crippen LogP contribution in [0.15, 0.2) is 46.5 Å². The highest BCUT2D eigenvalue weighted by Crippen LogP contribution is 2.28. The third-order valence-electron chi connectivity index (χ3n) is 2.27. The Morgan fingerprint density at radius 1 is 1.20 bits per heavy atom. The smallest absolute Gasteiger partial charge is 0.195 e. The number of rotatable bonds is 1. The molecular weight excluding hydrogens is 272 g/mol. The van der Waals surface area contributed by atoms with Gasteiger partial charge in [-0.3, -0.25) is 4.40 Å². The molecule has 2 heterocycles. The van der Waals surface area contributed by atoms with Crippen LogP contribution in [0.3, 0.4) is 0 Å². The van der Waals surface area contributed by atoms with Crippen LogP contribution in [-0.2, 0) is 0 Å². The highest BCUT2D eigenvalue weighted by atomic mass is 79.9. The molecule has 1 aromatic carbocycles. The molecule has 3 aromatic rings. The molecule has 4 heteroatoms. The maximum Gasteiger partial charge on any atom is 0.195 e. The Balaban J connectivity index is 2.31. The predicted octanol–water partition coefficient (Wildman–Crippen LogP) is 3.83. The second-order valence-electron chi connectivity index (χ2n) is 3.19. The van der Waals surface area contributed by atoms with Crippen molar-refractivity contribution in [1.82, 2.24) is 9.38 Å². The zero-order valence-electron chi connectivity index (χ0n) is 7.72. The number of hydrogen-bond acceptors (Lipinski definition) is 2. The van der Waals surface area contributed by atoms with Gasteiger partial charge in [0.15, 0.2) is 4.96 Å². The molecule has 0 fully saturated rings. The number of aromatic nitrogens is 2. The van der Waals surface area contributed by atoms with E-state index in [2.05, 4.69) is 42.8 Å². The van der Waals surface area contributed by atoms with Crippen molar-refractivity contribution in [3.8, 4) is 11.3 Å². The normalized spacial score (nSPS) is 11.0. The second-order valence-corrected chi connectivity index (χ2v) is 4.83. The maximum atomic E-state index is 4.30. The first-order valence-electron chi connectivity index (χ1n) is 4.52. The molecule has 15 heavy (non-hydrogen) atoms. The monoisotopic (exact) mass is 278 g/mol. The molecule has 2 aromatic heterocycles. The molecule has 0 spiro atoms. The van der Waals surface area contributed by atoms with Crippen molar-refractivity contribution in [2.24, 2.45) is 0 Å². The minimum Gasteiger partial charge on any atom is -0.277 e. The minimum absolute atomic E-state index is 0.998. The summed E-state index contributed by atoms with van der Waals surface area (Å²) in [6.45, 7) is 0. The van der Waals surface area contributed by atoms with Crippen molar-refractivity contribution in [2.75, 3.05) is 0 Å². The fourth-order valence-electron chi connectivity index (χ4n) is 1.58. The molecule has 0 aliphatic rings. The van der Waals surface area contributed by atoms with Gasteiger partial charge in [0.1, 0.15) is 4.60 Å². The molecule has 0 bridgehead atoms. The van der Waals surface area contributed by atoms with Crippen LogP contribution in [-0.4, -0.2) is 9.38 Å². The fraction of sp³-hybridized carbons (Fsp3) is 0. The third-order valence-corrected chi connectivity index (χ3v) is 3.67. The summed E-state index contributed by atoms with van der Waals surface area (Å²) in [5, 5.41) is 2.13. The van der Waals surface area contributed by atoms with E-state index in [4.69, 9.17) is 0 Å². The Hall–Kier alpha value is -1.13. The molecule has 0 saturated carbocycles. The van der Waals surface area contributed by atoms with E-state index in [0.717, 1.165) is 9.56 Å². The lowest BCUT2D eigenvalue weighted by Crippen LogP contribution is -1.84. The van der Waals surface area contributed by atoms with Crippen LogP contribution in [0.4, 0.5) is 0 Å². The number of halogens is 1. The van der Waals surface area contributed by atoms with Crippen LogP contribution in [0.1, 0.15) is 0 Å². The zero-order chi connectivity index (χ0) is 10.3. The summed E-state index contributed by atoms with van der Waals surface area (Å²) in [6.07, 6.45) is 1.83. The molecule has 0 aliphatic carbocycles. The first kappa shape index (κ1) is 9.12. The quantitative estimate of drug-likeness (QED) is 0.661. The SMILES string of the molecule is Brc1cnc2scc(-c3ccccc3)n12. The highest BCUT2D eigenvalue weighted by Gasteiger charge is 2.09. The van der Waals surface area contributed by atoms with E-state index < -0.39 is 0 Å². The van der Waals surface area contributed by atoms with Crippen LogP contribution >= 0.6 is 27.3 Å². The van der Waals surface area contributed by atoms with Gasteiger partial charge in [0.05, 0.1) is 11.9 Å². The number of nitrogens with zero attached hydrogens (tertiary/aromatic N) is 2. The molecular formula is C11H7BrN2S. The van der Waals surface area contributed by atoms with Crippen molar-refractivity contribution in [3.63, 3.8) is 0 Å². The van der Waals surface area contributed by atoms with E-state index >= 15 is 0 Å². The van der Waals surface area contributed by atoms with Gasteiger partial charge in [-0.1, -0.05) is 30.3 Å². The number of benzene rings is 1. The Morgan fingerprint density at radius 2 is 2.00 bits per heavy atom. The van der Waals surface area contributed by atoms with Crippen LogP contribution in [0.2, 0.25) is 0 Å². The van der Waals surface area contributed by atoms with Crippen molar-refractivity contribution in [3.05, 3.63) is 46.5 Å². The molecule has 74 valence electrons. The predicted molar refractivity (Wildman–Crippen MR) is 66.2 cm³/mol. The summed E-state index contributed by atoms with van der Waals surface area (Å²) >= 11 is 5.15. The number of imidazole rings is 1. The van der Waals surface area contributed by atoms with E-state index in [9.17, 15) is 0 Å². The zero-order valence-corrected chi connectivity index (χ0v) is 10.1. The van der Waals surface area contributed by atoms with Crippen LogP contribution in [0, 0.1) is 0 Å². The molecule has 0 unspecified atom stereocenters. The molecule has 0 radical (unpaired) electrons. The molecule has 3 rings (SSSR count). The number of thiazole rings is 1. The molecule has 2 nitrogen and oxygen atoms in total.